The Bertz CT molecular complexity index is 862. The molecule has 1 heterocycles. The van der Waals surface area contributed by atoms with Crippen LogP contribution in [-0.2, 0) is 0 Å². The Hall–Kier alpha value is -3.35. The minimum atomic E-state index is -0.674. The molecule has 0 bridgehead atoms. The molecule has 0 amide bonds. The molecule has 3 rings (SSSR count). The number of hydrogen-bond acceptors (Lipinski definition) is 6. The van der Waals surface area contributed by atoms with Gasteiger partial charge in [0.2, 0.25) is 0 Å². The SMILES string of the molecule is O=C(Oc1ccc([N+](=O)[O-])cc1)c1cnc2ccccc2n1. The predicted molar refractivity (Wildman–Crippen MR) is 77.6 cm³/mol. The van der Waals surface area contributed by atoms with Crippen molar-refractivity contribution in [2.45, 2.75) is 0 Å². The van der Waals surface area contributed by atoms with Gasteiger partial charge < -0.3 is 4.74 Å². The van der Waals surface area contributed by atoms with E-state index in [-0.39, 0.29) is 17.1 Å². The van der Waals surface area contributed by atoms with Crippen LogP contribution in [0.25, 0.3) is 11.0 Å². The lowest BCUT2D eigenvalue weighted by molar-refractivity contribution is -0.384. The lowest BCUT2D eigenvalue weighted by atomic mass is 10.3. The van der Waals surface area contributed by atoms with Crippen molar-refractivity contribution < 1.29 is 14.5 Å². The molecule has 3 aromatic rings. The Morgan fingerprint density at radius 1 is 1.05 bits per heavy atom. The van der Waals surface area contributed by atoms with E-state index >= 15 is 0 Å². The second-order valence-corrected chi connectivity index (χ2v) is 4.38. The van der Waals surface area contributed by atoms with Crippen LogP contribution in [0.1, 0.15) is 10.5 Å². The first-order valence-electron chi connectivity index (χ1n) is 6.32. The van der Waals surface area contributed by atoms with Crippen molar-refractivity contribution in [1.82, 2.24) is 9.97 Å². The number of nitrogens with zero attached hydrogens (tertiary/aromatic N) is 3. The van der Waals surface area contributed by atoms with Gasteiger partial charge in [-0.25, -0.2) is 9.78 Å². The summed E-state index contributed by atoms with van der Waals surface area (Å²) in [7, 11) is 0. The number of hydrogen-bond donors (Lipinski definition) is 0. The van der Waals surface area contributed by atoms with E-state index in [1.807, 2.05) is 6.07 Å². The van der Waals surface area contributed by atoms with E-state index in [0.29, 0.717) is 11.0 Å². The van der Waals surface area contributed by atoms with Gasteiger partial charge in [-0.05, 0) is 24.3 Å². The number of carbonyl (C=O) groups excluding carboxylic acids is 1. The normalized spacial score (nSPS) is 10.4. The molecule has 2 aromatic carbocycles. The molecule has 108 valence electrons. The van der Waals surface area contributed by atoms with E-state index in [0.717, 1.165) is 0 Å². The maximum Gasteiger partial charge on any atom is 0.363 e. The highest BCUT2D eigenvalue weighted by Gasteiger charge is 2.13. The summed E-state index contributed by atoms with van der Waals surface area (Å²) in [4.78, 5) is 30.4. The molecule has 0 atom stereocenters. The zero-order valence-corrected chi connectivity index (χ0v) is 11.2. The van der Waals surface area contributed by atoms with Crippen molar-refractivity contribution in [2.24, 2.45) is 0 Å². The van der Waals surface area contributed by atoms with Crippen LogP contribution in [0, 0.1) is 10.1 Å². The molecule has 0 aliphatic rings. The number of non-ortho nitro benzene ring substituents is 1. The smallest absolute Gasteiger partial charge is 0.363 e. The van der Waals surface area contributed by atoms with Gasteiger partial charge in [-0.2, -0.15) is 0 Å². The van der Waals surface area contributed by atoms with E-state index in [9.17, 15) is 14.9 Å². The Balaban J connectivity index is 1.81. The summed E-state index contributed by atoms with van der Waals surface area (Å²) in [6.45, 7) is 0. The van der Waals surface area contributed by atoms with E-state index < -0.39 is 10.9 Å². The first-order valence-corrected chi connectivity index (χ1v) is 6.32. The zero-order chi connectivity index (χ0) is 15.5. The minimum Gasteiger partial charge on any atom is -0.422 e. The van der Waals surface area contributed by atoms with E-state index in [2.05, 4.69) is 9.97 Å². The van der Waals surface area contributed by atoms with Crippen LogP contribution in [0.15, 0.2) is 54.7 Å². The summed E-state index contributed by atoms with van der Waals surface area (Å²) < 4.78 is 5.12. The lowest BCUT2D eigenvalue weighted by Crippen LogP contribution is -2.11. The van der Waals surface area contributed by atoms with Gasteiger partial charge in [-0.1, -0.05) is 12.1 Å². The second-order valence-electron chi connectivity index (χ2n) is 4.38. The largest absolute Gasteiger partial charge is 0.422 e. The number of ether oxygens (including phenoxy) is 1. The summed E-state index contributed by atoms with van der Waals surface area (Å²) in [6, 6.07) is 12.4. The summed E-state index contributed by atoms with van der Waals surface area (Å²) in [5.74, 6) is -0.474. The molecule has 0 N–H and O–H groups in total. The summed E-state index contributed by atoms with van der Waals surface area (Å²) in [5, 5.41) is 10.6. The summed E-state index contributed by atoms with van der Waals surface area (Å²) in [5.41, 5.74) is 1.25. The van der Waals surface area contributed by atoms with Gasteiger partial charge in [0.05, 0.1) is 22.2 Å². The van der Waals surface area contributed by atoms with Crippen molar-refractivity contribution in [3.8, 4) is 5.75 Å². The molecule has 1 aromatic heterocycles. The number of nitro benzene ring substituents is 1. The van der Waals surface area contributed by atoms with Gasteiger partial charge in [0.15, 0.2) is 5.69 Å². The number of esters is 1. The molecule has 0 fully saturated rings. The number of carbonyl (C=O) groups is 1. The highest BCUT2D eigenvalue weighted by atomic mass is 16.6. The van der Waals surface area contributed by atoms with Gasteiger partial charge in [-0.15, -0.1) is 0 Å². The standard InChI is InChI=1S/C15H9N3O4/c19-15(22-11-7-5-10(6-8-11)18(20)21)14-9-16-12-3-1-2-4-13(12)17-14/h1-9H. The first-order chi connectivity index (χ1) is 10.6. The Morgan fingerprint density at radius 2 is 1.73 bits per heavy atom. The highest BCUT2D eigenvalue weighted by molar-refractivity contribution is 5.90. The monoisotopic (exact) mass is 295 g/mol. The second kappa shape index (κ2) is 5.57. The molecule has 0 saturated carbocycles. The molecular formula is C15H9N3O4. The zero-order valence-electron chi connectivity index (χ0n) is 11.2. The van der Waals surface area contributed by atoms with Crippen LogP contribution >= 0.6 is 0 Å². The van der Waals surface area contributed by atoms with Crippen molar-refractivity contribution in [1.29, 1.82) is 0 Å². The summed E-state index contributed by atoms with van der Waals surface area (Å²) >= 11 is 0. The Morgan fingerprint density at radius 3 is 2.41 bits per heavy atom. The molecule has 0 radical (unpaired) electrons. The topological polar surface area (TPSA) is 95.2 Å². The van der Waals surface area contributed by atoms with Gasteiger partial charge >= 0.3 is 5.97 Å². The fourth-order valence-corrected chi connectivity index (χ4v) is 1.85. The molecule has 0 aliphatic heterocycles. The third-order valence-corrected chi connectivity index (χ3v) is 2.92. The van der Waals surface area contributed by atoms with E-state index in [4.69, 9.17) is 4.74 Å². The Labute approximate surface area is 124 Å². The van der Waals surface area contributed by atoms with Gasteiger partial charge in [0.1, 0.15) is 5.75 Å². The molecule has 0 spiro atoms. The third kappa shape index (κ3) is 2.73. The van der Waals surface area contributed by atoms with Crippen LogP contribution in [-0.4, -0.2) is 20.9 Å². The molecule has 7 heteroatoms. The third-order valence-electron chi connectivity index (χ3n) is 2.92. The number of fused-ring (bicyclic) bond motifs is 1. The maximum absolute atomic E-state index is 12.0. The molecule has 0 aliphatic carbocycles. The molecular weight excluding hydrogens is 286 g/mol. The maximum atomic E-state index is 12.0. The number of para-hydroxylation sites is 2. The molecule has 22 heavy (non-hydrogen) atoms. The fraction of sp³-hybridized carbons (Fsp3) is 0. The minimum absolute atomic E-state index is 0.0667. The quantitative estimate of drug-likeness (QED) is 0.319. The van der Waals surface area contributed by atoms with Crippen molar-refractivity contribution >= 4 is 22.7 Å². The number of rotatable bonds is 3. The van der Waals surface area contributed by atoms with Gasteiger partial charge in [-0.3, -0.25) is 15.1 Å². The van der Waals surface area contributed by atoms with Crippen molar-refractivity contribution in [3.63, 3.8) is 0 Å². The van der Waals surface area contributed by atoms with Gasteiger partial charge in [0, 0.05) is 12.1 Å². The Kier molecular flexibility index (Phi) is 3.45. The average Bonchev–Trinajstić information content (AvgIpc) is 2.55. The van der Waals surface area contributed by atoms with Gasteiger partial charge in [0.25, 0.3) is 5.69 Å². The number of nitro groups is 1. The van der Waals surface area contributed by atoms with Crippen LogP contribution in [0.4, 0.5) is 5.69 Å². The first kappa shape index (κ1) is 13.6. The van der Waals surface area contributed by atoms with Crippen molar-refractivity contribution in [2.75, 3.05) is 0 Å². The van der Waals surface area contributed by atoms with Crippen molar-refractivity contribution in [3.05, 3.63) is 70.5 Å². The van der Waals surface area contributed by atoms with Crippen LogP contribution in [0.3, 0.4) is 0 Å². The van der Waals surface area contributed by atoms with Crippen LogP contribution in [0.5, 0.6) is 5.75 Å². The lowest BCUT2D eigenvalue weighted by Gasteiger charge is -2.04. The van der Waals surface area contributed by atoms with E-state index in [1.165, 1.54) is 30.5 Å². The van der Waals surface area contributed by atoms with Crippen LogP contribution < -0.4 is 4.74 Å². The molecule has 0 saturated heterocycles. The van der Waals surface area contributed by atoms with Crippen LogP contribution in [0.2, 0.25) is 0 Å². The highest BCUT2D eigenvalue weighted by Crippen LogP contribution is 2.18. The average molecular weight is 295 g/mol. The number of aromatic nitrogens is 2. The molecule has 0 unspecified atom stereocenters. The fourth-order valence-electron chi connectivity index (χ4n) is 1.85. The molecule has 7 nitrogen and oxygen atoms in total. The van der Waals surface area contributed by atoms with E-state index in [1.54, 1.807) is 18.2 Å². The number of benzene rings is 2. The summed E-state index contributed by atoms with van der Waals surface area (Å²) in [6.07, 6.45) is 1.33. The predicted octanol–water partition coefficient (Wildman–Crippen LogP) is 2.76.